The van der Waals surface area contributed by atoms with E-state index in [0.29, 0.717) is 22.7 Å². The fourth-order valence-corrected chi connectivity index (χ4v) is 4.38. The predicted molar refractivity (Wildman–Crippen MR) is 119 cm³/mol. The number of rotatable bonds is 6. The highest BCUT2D eigenvalue weighted by Crippen LogP contribution is 2.23. The molecule has 0 radical (unpaired) electrons. The standard InChI is InChI=1S/C23H24N2O4S/c1-15-5-12-21(17(3)13-15)24-23(26)18-7-6-16(2)22(14-18)30(27,28)25-19-8-10-20(29-4)11-9-19/h5-14,25H,1-4H3,(H,24,26). The van der Waals surface area contributed by atoms with Crippen LogP contribution < -0.4 is 14.8 Å². The molecule has 0 aromatic heterocycles. The molecule has 156 valence electrons. The van der Waals surface area contributed by atoms with Gasteiger partial charge in [-0.15, -0.1) is 0 Å². The Morgan fingerprint density at radius 1 is 0.867 bits per heavy atom. The predicted octanol–water partition coefficient (Wildman–Crippen LogP) is 4.67. The van der Waals surface area contributed by atoms with Crippen LogP contribution in [0.3, 0.4) is 0 Å². The molecule has 0 saturated heterocycles. The van der Waals surface area contributed by atoms with Gasteiger partial charge in [0.1, 0.15) is 5.75 Å². The van der Waals surface area contributed by atoms with Gasteiger partial charge in [0.25, 0.3) is 15.9 Å². The third kappa shape index (κ3) is 4.80. The van der Waals surface area contributed by atoms with Crippen molar-refractivity contribution in [1.82, 2.24) is 0 Å². The van der Waals surface area contributed by atoms with Crippen LogP contribution in [0, 0.1) is 20.8 Å². The quantitative estimate of drug-likeness (QED) is 0.602. The topological polar surface area (TPSA) is 84.5 Å². The Bertz CT molecular complexity index is 1190. The van der Waals surface area contributed by atoms with Gasteiger partial charge in [0.15, 0.2) is 0 Å². The van der Waals surface area contributed by atoms with E-state index in [1.165, 1.54) is 13.2 Å². The zero-order chi connectivity index (χ0) is 21.9. The fraction of sp³-hybridized carbons (Fsp3) is 0.174. The average Bonchev–Trinajstić information content (AvgIpc) is 2.70. The molecule has 30 heavy (non-hydrogen) atoms. The molecule has 0 heterocycles. The SMILES string of the molecule is COc1ccc(NS(=O)(=O)c2cc(C(=O)Nc3ccc(C)cc3C)ccc2C)cc1. The van der Waals surface area contributed by atoms with Crippen LogP contribution in [0.25, 0.3) is 0 Å². The first-order valence-electron chi connectivity index (χ1n) is 9.36. The second-order valence-electron chi connectivity index (χ2n) is 7.09. The molecule has 7 heteroatoms. The molecule has 0 bridgehead atoms. The first-order valence-corrected chi connectivity index (χ1v) is 10.8. The Hall–Kier alpha value is -3.32. The highest BCUT2D eigenvalue weighted by Gasteiger charge is 2.20. The van der Waals surface area contributed by atoms with Crippen molar-refractivity contribution in [3.05, 3.63) is 82.9 Å². The second-order valence-corrected chi connectivity index (χ2v) is 8.74. The van der Waals surface area contributed by atoms with E-state index >= 15 is 0 Å². The number of methoxy groups -OCH3 is 1. The van der Waals surface area contributed by atoms with E-state index in [1.807, 2.05) is 32.0 Å². The number of aryl methyl sites for hydroxylation is 3. The van der Waals surface area contributed by atoms with Crippen LogP contribution in [0.1, 0.15) is 27.0 Å². The first kappa shape index (κ1) is 21.4. The van der Waals surface area contributed by atoms with Crippen molar-refractivity contribution < 1.29 is 17.9 Å². The Morgan fingerprint density at radius 3 is 2.20 bits per heavy atom. The summed E-state index contributed by atoms with van der Waals surface area (Å²) >= 11 is 0. The lowest BCUT2D eigenvalue weighted by Gasteiger charge is -2.13. The van der Waals surface area contributed by atoms with E-state index in [2.05, 4.69) is 10.0 Å². The number of carbonyl (C=O) groups is 1. The van der Waals surface area contributed by atoms with Crippen LogP contribution in [0.2, 0.25) is 0 Å². The summed E-state index contributed by atoms with van der Waals surface area (Å²) in [6.07, 6.45) is 0. The number of amides is 1. The molecule has 0 atom stereocenters. The largest absolute Gasteiger partial charge is 0.497 e. The van der Waals surface area contributed by atoms with Gasteiger partial charge in [0.2, 0.25) is 0 Å². The Morgan fingerprint density at radius 2 is 1.57 bits per heavy atom. The zero-order valence-electron chi connectivity index (χ0n) is 17.3. The molecule has 0 aliphatic rings. The summed E-state index contributed by atoms with van der Waals surface area (Å²) in [6.45, 7) is 5.58. The molecule has 3 aromatic carbocycles. The maximum absolute atomic E-state index is 12.9. The number of nitrogens with one attached hydrogen (secondary N) is 2. The van der Waals surface area contributed by atoms with E-state index in [4.69, 9.17) is 4.74 Å². The van der Waals surface area contributed by atoms with Crippen molar-refractivity contribution in [3.63, 3.8) is 0 Å². The van der Waals surface area contributed by atoms with Crippen LogP contribution >= 0.6 is 0 Å². The van der Waals surface area contributed by atoms with Crippen LogP contribution in [0.4, 0.5) is 11.4 Å². The van der Waals surface area contributed by atoms with Crippen molar-refractivity contribution in [2.75, 3.05) is 17.1 Å². The monoisotopic (exact) mass is 424 g/mol. The van der Waals surface area contributed by atoms with E-state index in [1.54, 1.807) is 43.3 Å². The third-order valence-corrected chi connectivity index (χ3v) is 6.24. The average molecular weight is 425 g/mol. The molecule has 0 aliphatic carbocycles. The van der Waals surface area contributed by atoms with Crippen LogP contribution in [-0.4, -0.2) is 21.4 Å². The van der Waals surface area contributed by atoms with Crippen LogP contribution in [0.5, 0.6) is 5.75 Å². The molecule has 3 aromatic rings. The first-order chi connectivity index (χ1) is 14.2. The Labute approximate surface area is 177 Å². The molecule has 1 amide bonds. The minimum Gasteiger partial charge on any atom is -0.497 e. The van der Waals surface area contributed by atoms with Gasteiger partial charge in [-0.25, -0.2) is 8.42 Å². The van der Waals surface area contributed by atoms with Crippen molar-refractivity contribution >= 4 is 27.3 Å². The molecule has 0 unspecified atom stereocenters. The molecule has 0 fully saturated rings. The normalized spacial score (nSPS) is 11.1. The smallest absolute Gasteiger partial charge is 0.262 e. The number of benzene rings is 3. The van der Waals surface area contributed by atoms with Gasteiger partial charge in [-0.05, 0) is 74.4 Å². The number of ether oxygens (including phenoxy) is 1. The number of hydrogen-bond donors (Lipinski definition) is 2. The number of hydrogen-bond acceptors (Lipinski definition) is 4. The minimum atomic E-state index is -3.88. The summed E-state index contributed by atoms with van der Waals surface area (Å²) in [4.78, 5) is 12.8. The molecular formula is C23H24N2O4S. The lowest BCUT2D eigenvalue weighted by Crippen LogP contribution is -2.17. The molecule has 0 aliphatic heterocycles. The number of anilines is 2. The Balaban J connectivity index is 1.86. The van der Waals surface area contributed by atoms with Crippen molar-refractivity contribution in [2.45, 2.75) is 25.7 Å². The number of carbonyl (C=O) groups excluding carboxylic acids is 1. The van der Waals surface area contributed by atoms with E-state index in [0.717, 1.165) is 11.1 Å². The maximum atomic E-state index is 12.9. The number of sulfonamides is 1. The van der Waals surface area contributed by atoms with Gasteiger partial charge in [0.05, 0.1) is 12.0 Å². The molecule has 6 nitrogen and oxygen atoms in total. The van der Waals surface area contributed by atoms with Gasteiger partial charge in [-0.3, -0.25) is 9.52 Å². The summed E-state index contributed by atoms with van der Waals surface area (Å²) in [7, 11) is -2.34. The lowest BCUT2D eigenvalue weighted by molar-refractivity contribution is 0.102. The molecule has 0 saturated carbocycles. The Kier molecular flexibility index (Phi) is 6.12. The van der Waals surface area contributed by atoms with Gasteiger partial charge in [-0.2, -0.15) is 0 Å². The zero-order valence-corrected chi connectivity index (χ0v) is 18.1. The van der Waals surface area contributed by atoms with Gasteiger partial charge < -0.3 is 10.1 Å². The van der Waals surface area contributed by atoms with Gasteiger partial charge in [0, 0.05) is 16.9 Å². The van der Waals surface area contributed by atoms with Crippen LogP contribution in [0.15, 0.2) is 65.6 Å². The highest BCUT2D eigenvalue weighted by molar-refractivity contribution is 7.92. The molecule has 2 N–H and O–H groups in total. The summed E-state index contributed by atoms with van der Waals surface area (Å²) in [6, 6.07) is 16.9. The van der Waals surface area contributed by atoms with Crippen LogP contribution in [-0.2, 0) is 10.0 Å². The molecular weight excluding hydrogens is 400 g/mol. The van der Waals surface area contributed by atoms with Gasteiger partial charge in [-0.1, -0.05) is 23.8 Å². The summed E-state index contributed by atoms with van der Waals surface area (Å²) in [5.74, 6) is 0.252. The van der Waals surface area contributed by atoms with Crippen molar-refractivity contribution in [2.24, 2.45) is 0 Å². The maximum Gasteiger partial charge on any atom is 0.262 e. The summed E-state index contributed by atoms with van der Waals surface area (Å²) in [5, 5.41) is 2.85. The fourth-order valence-electron chi connectivity index (χ4n) is 3.05. The van der Waals surface area contributed by atoms with E-state index in [-0.39, 0.29) is 16.4 Å². The third-order valence-electron chi connectivity index (χ3n) is 4.71. The van der Waals surface area contributed by atoms with E-state index in [9.17, 15) is 13.2 Å². The minimum absolute atomic E-state index is 0.0478. The van der Waals surface area contributed by atoms with E-state index < -0.39 is 10.0 Å². The second kappa shape index (κ2) is 8.59. The summed E-state index contributed by atoms with van der Waals surface area (Å²) in [5.41, 5.74) is 3.92. The van der Waals surface area contributed by atoms with Crippen molar-refractivity contribution in [1.29, 1.82) is 0 Å². The van der Waals surface area contributed by atoms with Gasteiger partial charge >= 0.3 is 0 Å². The summed E-state index contributed by atoms with van der Waals surface area (Å²) < 4.78 is 33.5. The highest BCUT2D eigenvalue weighted by atomic mass is 32.2. The molecule has 3 rings (SSSR count). The molecule has 0 spiro atoms. The lowest BCUT2D eigenvalue weighted by atomic mass is 10.1. The van der Waals surface area contributed by atoms with Crippen molar-refractivity contribution in [3.8, 4) is 5.75 Å².